The predicted molar refractivity (Wildman–Crippen MR) is 87.7 cm³/mol. The van der Waals surface area contributed by atoms with Gasteiger partial charge in [0.1, 0.15) is 5.65 Å². The van der Waals surface area contributed by atoms with Crippen molar-refractivity contribution in [2.45, 2.75) is 39.7 Å². The molecule has 3 unspecified atom stereocenters. The summed E-state index contributed by atoms with van der Waals surface area (Å²) in [6.07, 6.45) is 4.20. The van der Waals surface area contributed by atoms with Crippen LogP contribution in [0.2, 0.25) is 0 Å². The molecule has 0 radical (unpaired) electrons. The Balaban J connectivity index is 2.00. The summed E-state index contributed by atoms with van der Waals surface area (Å²) in [6.45, 7) is 8.96. The summed E-state index contributed by atoms with van der Waals surface area (Å²) in [6, 6.07) is 6.32. The van der Waals surface area contributed by atoms with Crippen molar-refractivity contribution >= 4 is 11.5 Å². The molecule has 2 aromatic rings. The number of hydrogen-bond acceptors (Lipinski definition) is 3. The van der Waals surface area contributed by atoms with E-state index in [4.69, 9.17) is 10.7 Å². The first-order valence-corrected chi connectivity index (χ1v) is 8.02. The van der Waals surface area contributed by atoms with Crippen LogP contribution in [0.5, 0.6) is 0 Å². The summed E-state index contributed by atoms with van der Waals surface area (Å²) < 4.78 is 2.20. The second-order valence-electron chi connectivity index (χ2n) is 6.68. The van der Waals surface area contributed by atoms with Crippen molar-refractivity contribution in [2.24, 2.45) is 17.6 Å². The van der Waals surface area contributed by atoms with Gasteiger partial charge in [0, 0.05) is 31.7 Å². The second-order valence-corrected chi connectivity index (χ2v) is 6.68. The topological polar surface area (TPSA) is 46.6 Å². The molecule has 21 heavy (non-hydrogen) atoms. The fraction of sp³-hybridized carbons (Fsp3) is 0.588. The number of fused-ring (bicyclic) bond motifs is 1. The quantitative estimate of drug-likeness (QED) is 0.943. The van der Waals surface area contributed by atoms with Gasteiger partial charge in [0.15, 0.2) is 5.82 Å². The van der Waals surface area contributed by atoms with Gasteiger partial charge in [-0.15, -0.1) is 0 Å². The zero-order valence-corrected chi connectivity index (χ0v) is 13.3. The van der Waals surface area contributed by atoms with E-state index in [2.05, 4.69) is 48.4 Å². The Kier molecular flexibility index (Phi) is 3.89. The van der Waals surface area contributed by atoms with E-state index in [0.29, 0.717) is 5.92 Å². The lowest BCUT2D eigenvalue weighted by molar-refractivity contribution is 0.322. The van der Waals surface area contributed by atoms with Crippen LogP contribution in [0.4, 0.5) is 5.82 Å². The van der Waals surface area contributed by atoms with Crippen LogP contribution in [-0.2, 0) is 6.42 Å². The van der Waals surface area contributed by atoms with Crippen molar-refractivity contribution in [3.05, 3.63) is 30.1 Å². The van der Waals surface area contributed by atoms with Crippen molar-refractivity contribution in [1.82, 2.24) is 9.38 Å². The van der Waals surface area contributed by atoms with Crippen LogP contribution in [0.3, 0.4) is 0 Å². The zero-order chi connectivity index (χ0) is 15.0. The molecule has 4 heteroatoms. The number of anilines is 1. The summed E-state index contributed by atoms with van der Waals surface area (Å²) in [5, 5.41) is 0. The maximum Gasteiger partial charge on any atom is 0.151 e. The average Bonchev–Trinajstić information content (AvgIpc) is 2.80. The summed E-state index contributed by atoms with van der Waals surface area (Å²) in [5.74, 6) is 2.65. The molecule has 4 nitrogen and oxygen atoms in total. The normalized spacial score (nSPS) is 24.5. The van der Waals surface area contributed by atoms with Crippen molar-refractivity contribution < 1.29 is 0 Å². The summed E-state index contributed by atoms with van der Waals surface area (Å²) in [4.78, 5) is 7.34. The number of imidazole rings is 1. The van der Waals surface area contributed by atoms with Gasteiger partial charge in [0.2, 0.25) is 0 Å². The van der Waals surface area contributed by atoms with Gasteiger partial charge in [-0.2, -0.15) is 0 Å². The second kappa shape index (κ2) is 5.68. The monoisotopic (exact) mass is 286 g/mol. The Labute approximate surface area is 127 Å². The van der Waals surface area contributed by atoms with Crippen LogP contribution in [0, 0.1) is 11.8 Å². The van der Waals surface area contributed by atoms with Crippen LogP contribution in [0.1, 0.15) is 32.9 Å². The molecule has 0 aliphatic carbocycles. The molecule has 1 aliphatic rings. The van der Waals surface area contributed by atoms with Crippen LogP contribution in [0.25, 0.3) is 5.65 Å². The molecule has 2 N–H and O–H groups in total. The number of pyridine rings is 1. The van der Waals surface area contributed by atoms with Crippen molar-refractivity contribution in [3.63, 3.8) is 0 Å². The highest BCUT2D eigenvalue weighted by Crippen LogP contribution is 2.30. The Morgan fingerprint density at radius 2 is 2.14 bits per heavy atom. The van der Waals surface area contributed by atoms with Crippen LogP contribution in [-0.4, -0.2) is 28.5 Å². The molecule has 0 saturated carbocycles. The first kappa shape index (κ1) is 14.4. The third-order valence-electron chi connectivity index (χ3n) is 4.76. The molecule has 0 spiro atoms. The lowest BCUT2D eigenvalue weighted by atomic mass is 9.88. The predicted octanol–water partition coefficient (Wildman–Crippen LogP) is 2.71. The minimum absolute atomic E-state index is 0.144. The molecule has 3 heterocycles. The SMILES string of the molecule is CC(N)Cc1c(N2CCC(C)C(C)C2)nc2ccccn12. The third kappa shape index (κ3) is 2.77. The van der Waals surface area contributed by atoms with Crippen molar-refractivity contribution in [2.75, 3.05) is 18.0 Å². The van der Waals surface area contributed by atoms with Gasteiger partial charge in [0.25, 0.3) is 0 Å². The molecule has 1 aliphatic heterocycles. The number of nitrogens with two attached hydrogens (primary N) is 1. The van der Waals surface area contributed by atoms with Gasteiger partial charge in [-0.3, -0.25) is 0 Å². The van der Waals surface area contributed by atoms with E-state index in [1.807, 2.05) is 6.07 Å². The van der Waals surface area contributed by atoms with E-state index in [-0.39, 0.29) is 6.04 Å². The number of piperidine rings is 1. The Hall–Kier alpha value is -1.55. The molecule has 0 bridgehead atoms. The van der Waals surface area contributed by atoms with Crippen LogP contribution >= 0.6 is 0 Å². The van der Waals surface area contributed by atoms with Crippen LogP contribution < -0.4 is 10.6 Å². The number of hydrogen-bond donors (Lipinski definition) is 1. The fourth-order valence-electron chi connectivity index (χ4n) is 3.24. The van der Waals surface area contributed by atoms with Gasteiger partial charge in [-0.1, -0.05) is 19.9 Å². The Morgan fingerprint density at radius 1 is 1.33 bits per heavy atom. The average molecular weight is 286 g/mol. The first-order valence-electron chi connectivity index (χ1n) is 8.02. The summed E-state index contributed by atoms with van der Waals surface area (Å²) >= 11 is 0. The molecule has 3 atom stereocenters. The molecular formula is C17H26N4. The molecular weight excluding hydrogens is 260 g/mol. The number of nitrogens with zero attached hydrogens (tertiary/aromatic N) is 3. The lowest BCUT2D eigenvalue weighted by Gasteiger charge is -2.36. The molecule has 1 fully saturated rings. The molecule has 114 valence electrons. The van der Waals surface area contributed by atoms with Gasteiger partial charge in [-0.05, 0) is 37.3 Å². The molecule has 2 aromatic heterocycles. The minimum atomic E-state index is 0.144. The highest BCUT2D eigenvalue weighted by atomic mass is 15.2. The minimum Gasteiger partial charge on any atom is -0.355 e. The lowest BCUT2D eigenvalue weighted by Crippen LogP contribution is -2.39. The van der Waals surface area contributed by atoms with Gasteiger partial charge in [-0.25, -0.2) is 4.98 Å². The van der Waals surface area contributed by atoms with Gasteiger partial charge >= 0.3 is 0 Å². The molecule has 0 amide bonds. The largest absolute Gasteiger partial charge is 0.355 e. The smallest absolute Gasteiger partial charge is 0.151 e. The van der Waals surface area contributed by atoms with Crippen molar-refractivity contribution in [1.29, 1.82) is 0 Å². The summed E-state index contributed by atoms with van der Waals surface area (Å²) in [5.41, 5.74) is 8.34. The van der Waals surface area contributed by atoms with Crippen LogP contribution in [0.15, 0.2) is 24.4 Å². The maximum atomic E-state index is 6.06. The third-order valence-corrected chi connectivity index (χ3v) is 4.76. The van der Waals surface area contributed by atoms with E-state index in [1.54, 1.807) is 0 Å². The van der Waals surface area contributed by atoms with E-state index in [1.165, 1.54) is 12.1 Å². The van der Waals surface area contributed by atoms with E-state index >= 15 is 0 Å². The summed E-state index contributed by atoms with van der Waals surface area (Å²) in [7, 11) is 0. The highest BCUT2D eigenvalue weighted by molar-refractivity contribution is 5.56. The Bertz CT molecular complexity index is 616. The fourth-order valence-corrected chi connectivity index (χ4v) is 3.24. The molecule has 1 saturated heterocycles. The zero-order valence-electron chi connectivity index (χ0n) is 13.3. The maximum absolute atomic E-state index is 6.06. The van der Waals surface area contributed by atoms with Crippen molar-refractivity contribution in [3.8, 4) is 0 Å². The Morgan fingerprint density at radius 3 is 2.86 bits per heavy atom. The standard InChI is InChI=1S/C17H26N4/c1-12-7-9-20(11-13(12)2)17-15(10-14(3)18)21-8-5-4-6-16(21)19-17/h4-6,8,12-14H,7,9-11,18H2,1-3H3. The number of rotatable bonds is 3. The van der Waals surface area contributed by atoms with Gasteiger partial charge < -0.3 is 15.0 Å². The highest BCUT2D eigenvalue weighted by Gasteiger charge is 2.26. The number of aromatic nitrogens is 2. The first-order chi connectivity index (χ1) is 10.1. The van der Waals surface area contributed by atoms with Gasteiger partial charge in [0.05, 0.1) is 5.69 Å². The molecule has 3 rings (SSSR count). The van der Waals surface area contributed by atoms with E-state index < -0.39 is 0 Å². The van der Waals surface area contributed by atoms with E-state index in [9.17, 15) is 0 Å². The van der Waals surface area contributed by atoms with E-state index in [0.717, 1.165) is 36.9 Å². The molecule has 0 aromatic carbocycles.